The number of nitrogens with one attached hydrogen (secondary N) is 1. The fraction of sp³-hybridized carbons (Fsp3) is 0.846. The smallest absolute Gasteiger partial charge is 0.0594 e. The van der Waals surface area contributed by atoms with Crippen molar-refractivity contribution in [2.24, 2.45) is 0 Å². The first-order chi connectivity index (χ1) is 7.48. The van der Waals surface area contributed by atoms with E-state index >= 15 is 0 Å². The van der Waals surface area contributed by atoms with E-state index in [1.807, 2.05) is 7.05 Å². The lowest BCUT2D eigenvalue weighted by Crippen LogP contribution is -2.59. The largest absolute Gasteiger partial charge is 0.379 e. The highest BCUT2D eigenvalue weighted by Gasteiger charge is 2.35. The molecular formula is C13H26N2O. The SMILES string of the molecule is C=C(C)CC(NC)C(C)(C)N1CCOCC1. The van der Waals surface area contributed by atoms with Gasteiger partial charge in [-0.15, -0.1) is 6.58 Å². The first-order valence-electron chi connectivity index (χ1n) is 6.13. The summed E-state index contributed by atoms with van der Waals surface area (Å²) in [5, 5.41) is 3.43. The van der Waals surface area contributed by atoms with E-state index in [0.29, 0.717) is 6.04 Å². The predicted molar refractivity (Wildman–Crippen MR) is 68.7 cm³/mol. The maximum atomic E-state index is 5.41. The van der Waals surface area contributed by atoms with Crippen LogP contribution in [0.25, 0.3) is 0 Å². The molecule has 1 unspecified atom stereocenters. The van der Waals surface area contributed by atoms with Crippen LogP contribution in [0.5, 0.6) is 0 Å². The third-order valence-electron chi connectivity index (χ3n) is 3.58. The molecule has 1 atom stereocenters. The van der Waals surface area contributed by atoms with Gasteiger partial charge < -0.3 is 10.1 Å². The number of ether oxygens (including phenoxy) is 1. The molecule has 1 N–H and O–H groups in total. The summed E-state index contributed by atoms with van der Waals surface area (Å²) in [6.45, 7) is 14.5. The number of nitrogens with zero attached hydrogens (tertiary/aromatic N) is 1. The van der Waals surface area contributed by atoms with Gasteiger partial charge in [-0.05, 0) is 34.2 Å². The topological polar surface area (TPSA) is 24.5 Å². The second-order valence-corrected chi connectivity index (χ2v) is 5.26. The van der Waals surface area contributed by atoms with Gasteiger partial charge in [0.05, 0.1) is 13.2 Å². The van der Waals surface area contributed by atoms with E-state index in [0.717, 1.165) is 32.7 Å². The average Bonchev–Trinajstić information content (AvgIpc) is 2.26. The predicted octanol–water partition coefficient (Wildman–Crippen LogP) is 1.65. The van der Waals surface area contributed by atoms with E-state index in [1.54, 1.807) is 0 Å². The van der Waals surface area contributed by atoms with Gasteiger partial charge in [0.1, 0.15) is 0 Å². The summed E-state index contributed by atoms with van der Waals surface area (Å²) in [7, 11) is 2.04. The van der Waals surface area contributed by atoms with Gasteiger partial charge in [-0.2, -0.15) is 0 Å². The summed E-state index contributed by atoms with van der Waals surface area (Å²) in [4.78, 5) is 2.51. The highest BCUT2D eigenvalue weighted by Crippen LogP contribution is 2.24. The normalized spacial score (nSPS) is 20.8. The second-order valence-electron chi connectivity index (χ2n) is 5.26. The van der Waals surface area contributed by atoms with E-state index in [4.69, 9.17) is 4.74 Å². The summed E-state index contributed by atoms with van der Waals surface area (Å²) in [5.41, 5.74) is 1.39. The minimum Gasteiger partial charge on any atom is -0.379 e. The highest BCUT2D eigenvalue weighted by atomic mass is 16.5. The van der Waals surface area contributed by atoms with Gasteiger partial charge in [-0.1, -0.05) is 5.57 Å². The summed E-state index contributed by atoms with van der Waals surface area (Å²) < 4.78 is 5.41. The number of likely N-dealkylation sites (N-methyl/N-ethyl adjacent to an activating group) is 1. The van der Waals surface area contributed by atoms with Crippen LogP contribution in [0.2, 0.25) is 0 Å². The minimum atomic E-state index is 0.150. The Labute approximate surface area is 99.8 Å². The van der Waals surface area contributed by atoms with Crippen LogP contribution in [0.3, 0.4) is 0 Å². The number of hydrogen-bond acceptors (Lipinski definition) is 3. The molecule has 1 heterocycles. The lowest BCUT2D eigenvalue weighted by Gasteiger charge is -2.46. The summed E-state index contributed by atoms with van der Waals surface area (Å²) in [6.07, 6.45) is 1.03. The molecule has 1 fully saturated rings. The fourth-order valence-corrected chi connectivity index (χ4v) is 2.41. The Bertz CT molecular complexity index is 232. The van der Waals surface area contributed by atoms with Crippen LogP contribution in [0.15, 0.2) is 12.2 Å². The molecule has 1 rings (SSSR count). The third-order valence-corrected chi connectivity index (χ3v) is 3.58. The van der Waals surface area contributed by atoms with Crippen LogP contribution in [0.1, 0.15) is 27.2 Å². The van der Waals surface area contributed by atoms with Gasteiger partial charge in [0.15, 0.2) is 0 Å². The van der Waals surface area contributed by atoms with Crippen LogP contribution in [-0.4, -0.2) is 49.8 Å². The summed E-state index contributed by atoms with van der Waals surface area (Å²) >= 11 is 0. The molecule has 0 bridgehead atoms. The molecular weight excluding hydrogens is 200 g/mol. The molecule has 0 aromatic rings. The lowest BCUT2D eigenvalue weighted by molar-refractivity contribution is -0.0223. The highest BCUT2D eigenvalue weighted by molar-refractivity contribution is 5.02. The number of morpholine rings is 1. The van der Waals surface area contributed by atoms with Crippen LogP contribution >= 0.6 is 0 Å². The van der Waals surface area contributed by atoms with Crippen LogP contribution in [0.4, 0.5) is 0 Å². The molecule has 16 heavy (non-hydrogen) atoms. The zero-order chi connectivity index (χ0) is 12.2. The maximum absolute atomic E-state index is 5.41. The number of rotatable bonds is 5. The molecule has 1 aliphatic heterocycles. The van der Waals surface area contributed by atoms with E-state index in [1.165, 1.54) is 5.57 Å². The zero-order valence-corrected chi connectivity index (χ0v) is 11.2. The molecule has 1 aliphatic rings. The molecule has 1 saturated heterocycles. The Balaban J connectivity index is 2.67. The van der Waals surface area contributed by atoms with Gasteiger partial charge in [0.2, 0.25) is 0 Å². The first kappa shape index (κ1) is 13.7. The Morgan fingerprint density at radius 3 is 2.44 bits per heavy atom. The molecule has 3 nitrogen and oxygen atoms in total. The molecule has 0 amide bonds. The van der Waals surface area contributed by atoms with Crippen LogP contribution in [0, 0.1) is 0 Å². The van der Waals surface area contributed by atoms with Gasteiger partial charge in [-0.3, -0.25) is 4.90 Å². The Kier molecular flexibility index (Phi) is 4.96. The summed E-state index contributed by atoms with van der Waals surface area (Å²) in [5.74, 6) is 0. The van der Waals surface area contributed by atoms with Crippen molar-refractivity contribution in [3.05, 3.63) is 12.2 Å². The first-order valence-corrected chi connectivity index (χ1v) is 6.13. The molecule has 0 saturated carbocycles. The Morgan fingerprint density at radius 2 is 2.00 bits per heavy atom. The van der Waals surface area contributed by atoms with E-state index in [-0.39, 0.29) is 5.54 Å². The van der Waals surface area contributed by atoms with Gasteiger partial charge in [-0.25, -0.2) is 0 Å². The van der Waals surface area contributed by atoms with Crippen molar-refractivity contribution in [1.82, 2.24) is 10.2 Å². The van der Waals surface area contributed by atoms with Crippen molar-refractivity contribution in [1.29, 1.82) is 0 Å². The van der Waals surface area contributed by atoms with Crippen LogP contribution in [-0.2, 0) is 4.74 Å². The van der Waals surface area contributed by atoms with E-state index in [9.17, 15) is 0 Å². The maximum Gasteiger partial charge on any atom is 0.0594 e. The zero-order valence-electron chi connectivity index (χ0n) is 11.2. The Morgan fingerprint density at radius 1 is 1.44 bits per heavy atom. The quantitative estimate of drug-likeness (QED) is 0.721. The Hall–Kier alpha value is -0.380. The van der Waals surface area contributed by atoms with Gasteiger partial charge in [0.25, 0.3) is 0 Å². The second kappa shape index (κ2) is 5.80. The summed E-state index contributed by atoms with van der Waals surface area (Å²) in [6, 6.07) is 0.447. The molecule has 3 heteroatoms. The number of hydrogen-bond donors (Lipinski definition) is 1. The van der Waals surface area contributed by atoms with E-state index in [2.05, 4.69) is 37.6 Å². The minimum absolute atomic E-state index is 0.150. The molecule has 0 aromatic heterocycles. The van der Waals surface area contributed by atoms with Crippen molar-refractivity contribution in [2.45, 2.75) is 38.8 Å². The van der Waals surface area contributed by atoms with Crippen molar-refractivity contribution in [3.63, 3.8) is 0 Å². The van der Waals surface area contributed by atoms with Crippen molar-refractivity contribution < 1.29 is 4.74 Å². The van der Waals surface area contributed by atoms with Crippen molar-refractivity contribution in [2.75, 3.05) is 33.4 Å². The molecule has 0 spiro atoms. The molecule has 94 valence electrons. The molecule has 0 aliphatic carbocycles. The molecule has 0 radical (unpaired) electrons. The van der Waals surface area contributed by atoms with Gasteiger partial charge >= 0.3 is 0 Å². The monoisotopic (exact) mass is 226 g/mol. The lowest BCUT2D eigenvalue weighted by atomic mass is 9.87. The molecule has 0 aromatic carbocycles. The third kappa shape index (κ3) is 3.30. The van der Waals surface area contributed by atoms with Crippen molar-refractivity contribution >= 4 is 0 Å². The standard InChI is InChI=1S/C13H26N2O/c1-11(2)10-12(14-5)13(3,4)15-6-8-16-9-7-15/h12,14H,1,6-10H2,2-5H3. The van der Waals surface area contributed by atoms with Gasteiger partial charge in [0, 0.05) is 24.7 Å². The van der Waals surface area contributed by atoms with Crippen molar-refractivity contribution in [3.8, 4) is 0 Å². The van der Waals surface area contributed by atoms with E-state index < -0.39 is 0 Å². The average molecular weight is 226 g/mol. The fourth-order valence-electron chi connectivity index (χ4n) is 2.41. The van der Waals surface area contributed by atoms with Crippen LogP contribution < -0.4 is 5.32 Å².